The van der Waals surface area contributed by atoms with Gasteiger partial charge in [-0.2, -0.15) is 0 Å². The van der Waals surface area contributed by atoms with E-state index >= 15 is 0 Å². The summed E-state index contributed by atoms with van der Waals surface area (Å²) in [6.45, 7) is 2.35. The summed E-state index contributed by atoms with van der Waals surface area (Å²) >= 11 is 0. The van der Waals surface area contributed by atoms with Crippen molar-refractivity contribution in [3.8, 4) is 5.97 Å². The van der Waals surface area contributed by atoms with Crippen molar-refractivity contribution in [2.75, 3.05) is 6.61 Å². The Balaban J connectivity index is 2.17. The van der Waals surface area contributed by atoms with Crippen LogP contribution in [0.15, 0.2) is 30.3 Å². The molecule has 0 aliphatic carbocycles. The standard InChI is InChI=1S/C16H20BNO2/c1-2-20-15(19)16(8-10-17(13-18)11-9-16)12-14-6-4-3-5-7-14/h3-7H,2,8-12H2,1H3. The molecule has 4 heteroatoms. The van der Waals surface area contributed by atoms with Gasteiger partial charge in [0.1, 0.15) is 0 Å². The Kier molecular flexibility index (Phi) is 4.84. The summed E-state index contributed by atoms with van der Waals surface area (Å²) in [6.07, 6.45) is 3.80. The highest BCUT2D eigenvalue weighted by atomic mass is 16.5. The number of hydrogen-bond acceptors (Lipinski definition) is 3. The van der Waals surface area contributed by atoms with E-state index in [0.717, 1.165) is 31.0 Å². The fourth-order valence-corrected chi connectivity index (χ4v) is 3.02. The smallest absolute Gasteiger partial charge is 0.312 e. The second kappa shape index (κ2) is 6.61. The molecule has 0 spiro atoms. The molecular weight excluding hydrogens is 249 g/mol. The Morgan fingerprint density at radius 3 is 2.55 bits per heavy atom. The van der Waals surface area contributed by atoms with Gasteiger partial charge in [0.25, 0.3) is 6.71 Å². The predicted octanol–water partition coefficient (Wildman–Crippen LogP) is 3.13. The van der Waals surface area contributed by atoms with Crippen molar-refractivity contribution >= 4 is 12.7 Å². The van der Waals surface area contributed by atoms with Gasteiger partial charge in [0.05, 0.1) is 12.0 Å². The van der Waals surface area contributed by atoms with Gasteiger partial charge in [-0.05, 0) is 31.7 Å². The van der Waals surface area contributed by atoms with Crippen molar-refractivity contribution in [3.63, 3.8) is 0 Å². The van der Waals surface area contributed by atoms with Crippen LogP contribution in [0.4, 0.5) is 0 Å². The normalized spacial score (nSPS) is 17.3. The fraction of sp³-hybridized carbons (Fsp3) is 0.500. The molecule has 0 aromatic heterocycles. The van der Waals surface area contributed by atoms with Crippen LogP contribution in [0.5, 0.6) is 0 Å². The average Bonchev–Trinajstić information content (AvgIpc) is 2.49. The summed E-state index contributed by atoms with van der Waals surface area (Å²) < 4.78 is 5.30. The van der Waals surface area contributed by atoms with E-state index in [0.29, 0.717) is 13.0 Å². The molecule has 20 heavy (non-hydrogen) atoms. The molecule has 1 aliphatic rings. The van der Waals surface area contributed by atoms with Gasteiger partial charge in [-0.3, -0.25) is 4.79 Å². The molecule has 0 saturated carbocycles. The lowest BCUT2D eigenvalue weighted by molar-refractivity contribution is -0.156. The lowest BCUT2D eigenvalue weighted by Crippen LogP contribution is -2.40. The van der Waals surface area contributed by atoms with Crippen molar-refractivity contribution in [1.29, 1.82) is 5.26 Å². The van der Waals surface area contributed by atoms with Gasteiger partial charge < -0.3 is 4.74 Å². The number of rotatable bonds is 4. The van der Waals surface area contributed by atoms with Crippen molar-refractivity contribution in [1.82, 2.24) is 0 Å². The molecule has 0 amide bonds. The average molecular weight is 269 g/mol. The molecular formula is C16H20BNO2. The molecule has 2 rings (SSSR count). The minimum Gasteiger partial charge on any atom is -0.466 e. The van der Waals surface area contributed by atoms with E-state index in [1.165, 1.54) is 0 Å². The lowest BCUT2D eigenvalue weighted by Gasteiger charge is -2.35. The molecule has 1 aliphatic heterocycles. The summed E-state index contributed by atoms with van der Waals surface area (Å²) in [7, 11) is 0. The maximum Gasteiger partial charge on any atom is 0.312 e. The van der Waals surface area contributed by atoms with Gasteiger partial charge in [-0.1, -0.05) is 43.0 Å². The predicted molar refractivity (Wildman–Crippen MR) is 79.4 cm³/mol. The Hall–Kier alpha value is -1.76. The molecule has 0 bridgehead atoms. The highest BCUT2D eigenvalue weighted by molar-refractivity contribution is 6.67. The molecule has 1 saturated heterocycles. The van der Waals surface area contributed by atoms with Crippen LogP contribution in [0.25, 0.3) is 0 Å². The molecule has 104 valence electrons. The highest BCUT2D eigenvalue weighted by Gasteiger charge is 2.44. The SMILES string of the molecule is CCOC(=O)C1(Cc2ccccc2)CCB(C#N)CC1. The van der Waals surface area contributed by atoms with Crippen LogP contribution < -0.4 is 0 Å². The van der Waals surface area contributed by atoms with Gasteiger partial charge in [0.15, 0.2) is 0 Å². The Labute approximate surface area is 121 Å². The number of nitriles is 1. The van der Waals surface area contributed by atoms with E-state index in [1.807, 2.05) is 25.1 Å². The van der Waals surface area contributed by atoms with Crippen LogP contribution in [-0.2, 0) is 16.0 Å². The summed E-state index contributed by atoms with van der Waals surface area (Å²) in [6, 6.07) is 10.1. The number of carbonyl (C=O) groups is 1. The Morgan fingerprint density at radius 1 is 1.35 bits per heavy atom. The first kappa shape index (κ1) is 14.6. The molecule has 1 aromatic carbocycles. The van der Waals surface area contributed by atoms with E-state index in [1.54, 1.807) is 0 Å². The van der Waals surface area contributed by atoms with Gasteiger partial charge in [-0.25, -0.2) is 5.26 Å². The third-order valence-electron chi connectivity index (χ3n) is 4.22. The molecule has 0 radical (unpaired) electrons. The van der Waals surface area contributed by atoms with E-state index in [9.17, 15) is 4.79 Å². The van der Waals surface area contributed by atoms with Crippen LogP contribution in [0.3, 0.4) is 0 Å². The topological polar surface area (TPSA) is 50.1 Å². The van der Waals surface area contributed by atoms with Crippen LogP contribution in [-0.4, -0.2) is 19.3 Å². The maximum absolute atomic E-state index is 12.4. The summed E-state index contributed by atoms with van der Waals surface area (Å²) in [5, 5.41) is 9.03. The second-order valence-electron chi connectivity index (χ2n) is 5.57. The largest absolute Gasteiger partial charge is 0.466 e. The van der Waals surface area contributed by atoms with Crippen LogP contribution >= 0.6 is 0 Å². The van der Waals surface area contributed by atoms with Crippen molar-refractivity contribution in [2.24, 2.45) is 5.41 Å². The quantitative estimate of drug-likeness (QED) is 0.623. The molecule has 1 aromatic rings. The Bertz CT molecular complexity index is 487. The highest BCUT2D eigenvalue weighted by Crippen LogP contribution is 2.41. The van der Waals surface area contributed by atoms with Crippen LogP contribution in [0.2, 0.25) is 12.6 Å². The van der Waals surface area contributed by atoms with E-state index in [2.05, 4.69) is 18.1 Å². The zero-order chi connectivity index (χ0) is 14.4. The number of benzene rings is 1. The van der Waals surface area contributed by atoms with Gasteiger partial charge in [0, 0.05) is 5.97 Å². The van der Waals surface area contributed by atoms with E-state index in [-0.39, 0.29) is 12.7 Å². The minimum absolute atomic E-state index is 0.0910. The molecule has 0 N–H and O–H groups in total. The second-order valence-corrected chi connectivity index (χ2v) is 5.57. The van der Waals surface area contributed by atoms with Crippen molar-refractivity contribution in [3.05, 3.63) is 35.9 Å². The molecule has 1 fully saturated rings. The summed E-state index contributed by atoms with van der Waals surface area (Å²) in [4.78, 5) is 12.4. The minimum atomic E-state index is -0.440. The Morgan fingerprint density at radius 2 is 2.00 bits per heavy atom. The lowest BCUT2D eigenvalue weighted by atomic mass is 9.39. The maximum atomic E-state index is 12.4. The molecule has 0 unspecified atom stereocenters. The summed E-state index contributed by atoms with van der Waals surface area (Å²) in [5.74, 6) is 2.23. The first-order chi connectivity index (χ1) is 9.70. The number of nitrogens with zero attached hydrogens (tertiary/aromatic N) is 1. The van der Waals surface area contributed by atoms with E-state index < -0.39 is 5.41 Å². The van der Waals surface area contributed by atoms with Gasteiger partial charge in [0.2, 0.25) is 0 Å². The molecule has 1 heterocycles. The number of ether oxygens (including phenoxy) is 1. The van der Waals surface area contributed by atoms with Crippen LogP contribution in [0.1, 0.15) is 25.3 Å². The fourth-order valence-electron chi connectivity index (χ4n) is 3.02. The number of esters is 1. The summed E-state index contributed by atoms with van der Waals surface area (Å²) in [5.41, 5.74) is 0.723. The van der Waals surface area contributed by atoms with Crippen molar-refractivity contribution in [2.45, 2.75) is 38.8 Å². The zero-order valence-electron chi connectivity index (χ0n) is 12.0. The first-order valence-corrected chi connectivity index (χ1v) is 7.31. The number of hydrogen-bond donors (Lipinski definition) is 0. The zero-order valence-corrected chi connectivity index (χ0v) is 12.0. The number of carbonyl (C=O) groups excluding carboxylic acids is 1. The third kappa shape index (κ3) is 3.22. The van der Waals surface area contributed by atoms with Gasteiger partial charge in [-0.15, -0.1) is 0 Å². The molecule has 0 atom stereocenters. The van der Waals surface area contributed by atoms with Crippen molar-refractivity contribution < 1.29 is 9.53 Å². The van der Waals surface area contributed by atoms with E-state index in [4.69, 9.17) is 10.00 Å². The monoisotopic (exact) mass is 269 g/mol. The first-order valence-electron chi connectivity index (χ1n) is 7.31. The molecule has 3 nitrogen and oxygen atoms in total. The van der Waals surface area contributed by atoms with Crippen LogP contribution in [0, 0.1) is 16.6 Å². The third-order valence-corrected chi connectivity index (χ3v) is 4.22. The van der Waals surface area contributed by atoms with Gasteiger partial charge >= 0.3 is 5.97 Å².